The van der Waals surface area contributed by atoms with Gasteiger partial charge in [-0.2, -0.15) is 0 Å². The number of amides is 1. The quantitative estimate of drug-likeness (QED) is 0.695. The summed E-state index contributed by atoms with van der Waals surface area (Å²) in [6.45, 7) is 1.91. The van der Waals surface area contributed by atoms with E-state index in [0.717, 1.165) is 19.3 Å². The molecule has 0 radical (unpaired) electrons. The number of rotatable bonds is 2. The van der Waals surface area contributed by atoms with Gasteiger partial charge in [0.1, 0.15) is 5.75 Å². The van der Waals surface area contributed by atoms with Crippen LogP contribution < -0.4 is 5.32 Å². The van der Waals surface area contributed by atoms with Gasteiger partial charge < -0.3 is 10.4 Å². The van der Waals surface area contributed by atoms with Crippen molar-refractivity contribution in [1.29, 1.82) is 0 Å². The lowest BCUT2D eigenvalue weighted by Gasteiger charge is -2.10. The van der Waals surface area contributed by atoms with Gasteiger partial charge in [0.05, 0.1) is 5.56 Å². The molecule has 0 atom stereocenters. The number of carbonyl (C=O) groups is 1. The molecule has 0 aromatic heterocycles. The molecule has 0 unspecified atom stereocenters. The van der Waals surface area contributed by atoms with E-state index in [-0.39, 0.29) is 17.2 Å². The number of phenols is 1. The molecule has 2 aromatic carbocycles. The van der Waals surface area contributed by atoms with Crippen molar-refractivity contribution in [3.8, 4) is 5.75 Å². The zero-order valence-electron chi connectivity index (χ0n) is 10.1. The summed E-state index contributed by atoms with van der Waals surface area (Å²) in [5.74, 6) is -0.345. The lowest BCUT2D eigenvalue weighted by Crippen LogP contribution is -2.13. The summed E-state index contributed by atoms with van der Waals surface area (Å²) in [5.41, 5.74) is 1.95. The molecule has 0 aliphatic carbocycles. The third kappa shape index (κ3) is 3.48. The molecule has 2 N–H and O–H groups in total. The Morgan fingerprint density at radius 3 is 2.74 bits per heavy atom. The molecule has 2 aromatic rings. The molecular weight excluding hydrogens is 421 g/mol. The largest absolute Gasteiger partial charge is 0.507 e. The van der Waals surface area contributed by atoms with E-state index in [0.29, 0.717) is 0 Å². The number of aryl methyl sites for hydroxylation is 1. The van der Waals surface area contributed by atoms with Crippen molar-refractivity contribution < 1.29 is 9.90 Å². The molecule has 0 aliphatic rings. The van der Waals surface area contributed by atoms with E-state index >= 15 is 0 Å². The van der Waals surface area contributed by atoms with Crippen LogP contribution in [0.2, 0.25) is 0 Å². The molecule has 0 saturated carbocycles. The summed E-state index contributed by atoms with van der Waals surface area (Å²) < 4.78 is 1.78. The predicted molar refractivity (Wildman–Crippen MR) is 87.7 cm³/mol. The van der Waals surface area contributed by atoms with Crippen molar-refractivity contribution in [1.82, 2.24) is 0 Å². The van der Waals surface area contributed by atoms with Gasteiger partial charge in [-0.05, 0) is 65.4 Å². The summed E-state index contributed by atoms with van der Waals surface area (Å²) in [5, 5.41) is 12.5. The molecule has 2 rings (SSSR count). The fraction of sp³-hybridized carbons (Fsp3) is 0.0714. The number of anilines is 1. The van der Waals surface area contributed by atoms with Crippen LogP contribution in [-0.4, -0.2) is 11.0 Å². The number of hydrogen-bond donors (Lipinski definition) is 2. The van der Waals surface area contributed by atoms with Crippen LogP contribution in [0.3, 0.4) is 0 Å². The smallest absolute Gasteiger partial charge is 0.259 e. The molecule has 0 aliphatic heterocycles. The Morgan fingerprint density at radius 1 is 1.26 bits per heavy atom. The van der Waals surface area contributed by atoms with Crippen LogP contribution in [0.4, 0.5) is 5.69 Å². The Balaban J connectivity index is 2.30. The van der Waals surface area contributed by atoms with Crippen molar-refractivity contribution in [2.24, 2.45) is 0 Å². The average Bonchev–Trinajstić information content (AvgIpc) is 2.36. The molecule has 19 heavy (non-hydrogen) atoms. The first kappa shape index (κ1) is 14.3. The molecular formula is C14H11BrINO2. The van der Waals surface area contributed by atoms with Gasteiger partial charge >= 0.3 is 0 Å². The normalized spacial score (nSPS) is 10.3. The second-order valence-electron chi connectivity index (χ2n) is 4.07. The topological polar surface area (TPSA) is 49.3 Å². The Morgan fingerprint density at radius 2 is 2.00 bits per heavy atom. The monoisotopic (exact) mass is 431 g/mol. The van der Waals surface area contributed by atoms with E-state index < -0.39 is 0 Å². The highest BCUT2D eigenvalue weighted by molar-refractivity contribution is 14.1. The van der Waals surface area contributed by atoms with Crippen LogP contribution in [0.25, 0.3) is 0 Å². The van der Waals surface area contributed by atoms with Gasteiger partial charge in [0.2, 0.25) is 0 Å². The van der Waals surface area contributed by atoms with Crippen LogP contribution >= 0.6 is 38.5 Å². The first-order valence-electron chi connectivity index (χ1n) is 5.53. The molecule has 5 heteroatoms. The minimum absolute atomic E-state index is 0.0226. The number of phenolic OH excluding ortho intramolecular Hbond substituents is 1. The van der Waals surface area contributed by atoms with Crippen molar-refractivity contribution >= 4 is 50.1 Å². The summed E-state index contributed by atoms with van der Waals surface area (Å²) in [7, 11) is 0. The maximum Gasteiger partial charge on any atom is 0.259 e. The van der Waals surface area contributed by atoms with E-state index in [2.05, 4.69) is 43.8 Å². The number of hydrogen-bond acceptors (Lipinski definition) is 2. The first-order chi connectivity index (χ1) is 8.97. The number of halogens is 2. The van der Waals surface area contributed by atoms with E-state index in [9.17, 15) is 9.90 Å². The summed E-state index contributed by atoms with van der Waals surface area (Å²) in [6, 6.07) is 10.6. The highest BCUT2D eigenvalue weighted by atomic mass is 127. The lowest BCUT2D eigenvalue weighted by molar-refractivity contribution is 0.102. The third-order valence-corrected chi connectivity index (χ3v) is 3.82. The van der Waals surface area contributed by atoms with Crippen LogP contribution in [0.5, 0.6) is 5.75 Å². The number of benzene rings is 2. The van der Waals surface area contributed by atoms with Gasteiger partial charge in [-0.1, -0.05) is 22.0 Å². The summed E-state index contributed by atoms with van der Waals surface area (Å²) >= 11 is 5.47. The Labute approximate surface area is 133 Å². The van der Waals surface area contributed by atoms with Gasteiger partial charge in [-0.25, -0.2) is 0 Å². The minimum atomic E-state index is -0.322. The number of carbonyl (C=O) groups excluding carboxylic acids is 1. The average molecular weight is 432 g/mol. The SMILES string of the molecule is Cc1ccc(Br)cc1NC(=O)c1cc(I)ccc1O. The zero-order valence-corrected chi connectivity index (χ0v) is 13.8. The zero-order chi connectivity index (χ0) is 14.0. The highest BCUT2D eigenvalue weighted by Crippen LogP contribution is 2.24. The molecule has 98 valence electrons. The van der Waals surface area contributed by atoms with E-state index in [1.807, 2.05) is 25.1 Å². The third-order valence-electron chi connectivity index (χ3n) is 2.65. The standard InChI is InChI=1S/C14H11BrINO2/c1-8-2-3-9(15)6-12(8)17-14(19)11-7-10(16)4-5-13(11)18/h2-7,18H,1H3,(H,17,19). The molecule has 1 amide bonds. The van der Waals surface area contributed by atoms with E-state index in [1.54, 1.807) is 12.1 Å². The fourth-order valence-corrected chi connectivity index (χ4v) is 2.46. The van der Waals surface area contributed by atoms with Gasteiger partial charge in [0, 0.05) is 13.7 Å². The second-order valence-corrected chi connectivity index (χ2v) is 6.24. The minimum Gasteiger partial charge on any atom is -0.507 e. The fourth-order valence-electron chi connectivity index (χ4n) is 1.61. The maximum atomic E-state index is 12.2. The van der Waals surface area contributed by atoms with Crippen molar-refractivity contribution in [3.63, 3.8) is 0 Å². The highest BCUT2D eigenvalue weighted by Gasteiger charge is 2.13. The summed E-state index contributed by atoms with van der Waals surface area (Å²) in [4.78, 5) is 12.2. The Kier molecular flexibility index (Phi) is 4.46. The van der Waals surface area contributed by atoms with Crippen molar-refractivity contribution in [3.05, 3.63) is 55.6 Å². The molecule has 0 saturated heterocycles. The number of aromatic hydroxyl groups is 1. The van der Waals surface area contributed by atoms with Crippen LogP contribution in [-0.2, 0) is 0 Å². The molecule has 0 spiro atoms. The lowest BCUT2D eigenvalue weighted by atomic mass is 10.1. The van der Waals surface area contributed by atoms with Gasteiger partial charge in [0.25, 0.3) is 5.91 Å². The Hall–Kier alpha value is -1.08. The molecule has 3 nitrogen and oxygen atoms in total. The maximum absolute atomic E-state index is 12.2. The van der Waals surface area contributed by atoms with Crippen LogP contribution in [0.15, 0.2) is 40.9 Å². The Bertz CT molecular complexity index is 643. The van der Waals surface area contributed by atoms with Crippen LogP contribution in [0.1, 0.15) is 15.9 Å². The molecule has 0 heterocycles. The van der Waals surface area contributed by atoms with Gasteiger partial charge in [-0.3, -0.25) is 4.79 Å². The van der Waals surface area contributed by atoms with E-state index in [1.165, 1.54) is 6.07 Å². The van der Waals surface area contributed by atoms with Gasteiger partial charge in [-0.15, -0.1) is 0 Å². The van der Waals surface area contributed by atoms with Crippen LogP contribution in [0, 0.1) is 10.5 Å². The van der Waals surface area contributed by atoms with Crippen molar-refractivity contribution in [2.75, 3.05) is 5.32 Å². The summed E-state index contributed by atoms with van der Waals surface area (Å²) in [6.07, 6.45) is 0. The second kappa shape index (κ2) is 5.92. The van der Waals surface area contributed by atoms with E-state index in [4.69, 9.17) is 0 Å². The first-order valence-corrected chi connectivity index (χ1v) is 7.40. The molecule has 0 bridgehead atoms. The predicted octanol–water partition coefficient (Wildman–Crippen LogP) is 4.32. The molecule has 0 fully saturated rings. The van der Waals surface area contributed by atoms with Gasteiger partial charge in [0.15, 0.2) is 0 Å². The van der Waals surface area contributed by atoms with Crippen molar-refractivity contribution in [2.45, 2.75) is 6.92 Å². The number of nitrogens with one attached hydrogen (secondary N) is 1.